The molecular weight excluding hydrogens is 735 g/mol. The number of carbonyl (C=O) groups excluding carboxylic acids is 1. The number of hydrazine groups is 1. The van der Waals surface area contributed by atoms with Crippen LogP contribution in [0.25, 0.3) is 0 Å². The molecule has 0 fully saturated rings. The molecule has 2 amide bonds. The summed E-state index contributed by atoms with van der Waals surface area (Å²) in [5.41, 5.74) is 10.8. The first-order chi connectivity index (χ1) is 28.9. The number of nitrogens with two attached hydrogens (primary N) is 3. The molecule has 0 aromatic heterocycles. The summed E-state index contributed by atoms with van der Waals surface area (Å²) in [5, 5.41) is 19.4. The number of hydrogen-bond donors (Lipinski definition) is 7. The first-order valence-corrected chi connectivity index (χ1v) is 25.8. The maximum Gasteiger partial charge on any atom is 0.411 e. The molecule has 0 aromatic rings. The summed E-state index contributed by atoms with van der Waals surface area (Å²) < 4.78 is 0. The molecule has 0 bridgehead atoms. The number of unbranched alkanes of at least 4 members (excludes halogenated alkanes) is 31. The van der Waals surface area contributed by atoms with Gasteiger partial charge < -0.3 is 27.2 Å². The third-order valence-corrected chi connectivity index (χ3v) is 11.6. The van der Waals surface area contributed by atoms with Gasteiger partial charge in [-0.25, -0.2) is 9.80 Å². The minimum absolute atomic E-state index is 0.484. The highest BCUT2D eigenvalue weighted by Gasteiger charge is 2.24. The van der Waals surface area contributed by atoms with Crippen LogP contribution in [0.4, 0.5) is 4.79 Å². The molecule has 10 heteroatoms. The predicted octanol–water partition coefficient (Wildman–Crippen LogP) is 11.9. The van der Waals surface area contributed by atoms with E-state index < -0.39 is 18.0 Å². The molecule has 0 heterocycles. The zero-order chi connectivity index (χ0) is 43.5. The topological polar surface area (TPSA) is 172 Å². The van der Waals surface area contributed by atoms with Crippen LogP contribution >= 0.6 is 0 Å². The average molecular weight is 840 g/mol. The molecule has 0 spiro atoms. The lowest BCUT2D eigenvalue weighted by Gasteiger charge is -2.26. The van der Waals surface area contributed by atoms with Gasteiger partial charge in [-0.3, -0.25) is 16.0 Å². The van der Waals surface area contributed by atoms with Gasteiger partial charge in [0.2, 0.25) is 5.91 Å². The van der Waals surface area contributed by atoms with Gasteiger partial charge in [0.25, 0.3) is 0 Å². The van der Waals surface area contributed by atoms with Crippen LogP contribution < -0.4 is 33.3 Å². The molecular formula is C49H105N7O3. The zero-order valence-corrected chi connectivity index (χ0v) is 39.6. The van der Waals surface area contributed by atoms with E-state index in [-0.39, 0.29) is 0 Å². The van der Waals surface area contributed by atoms with E-state index in [9.17, 15) is 9.59 Å². The second-order valence-corrected chi connectivity index (χ2v) is 17.4. The van der Waals surface area contributed by atoms with E-state index in [1.165, 1.54) is 193 Å². The van der Waals surface area contributed by atoms with Gasteiger partial charge in [0.1, 0.15) is 6.04 Å². The van der Waals surface area contributed by atoms with E-state index in [4.69, 9.17) is 22.4 Å². The number of nitrogens with one attached hydrogen (secondary N) is 3. The normalized spacial score (nSPS) is 11.8. The van der Waals surface area contributed by atoms with Crippen molar-refractivity contribution in [3.8, 4) is 0 Å². The lowest BCUT2D eigenvalue weighted by Crippen LogP contribution is -2.51. The van der Waals surface area contributed by atoms with Gasteiger partial charge in [-0.15, -0.1) is 0 Å². The third-order valence-electron chi connectivity index (χ3n) is 11.6. The molecule has 0 saturated carbocycles. The van der Waals surface area contributed by atoms with Crippen molar-refractivity contribution in [2.75, 3.05) is 45.8 Å². The van der Waals surface area contributed by atoms with Crippen molar-refractivity contribution < 1.29 is 14.7 Å². The van der Waals surface area contributed by atoms with E-state index in [1.807, 2.05) is 5.32 Å². The van der Waals surface area contributed by atoms with Crippen LogP contribution in [-0.2, 0) is 4.79 Å². The average Bonchev–Trinajstić information content (AvgIpc) is 3.22. The largest absolute Gasteiger partial charge is 0.465 e. The summed E-state index contributed by atoms with van der Waals surface area (Å²) in [6, 6.07) is -0.566. The van der Waals surface area contributed by atoms with E-state index in [0.717, 1.165) is 77.8 Å². The Labute approximate surface area is 367 Å². The second kappa shape index (κ2) is 52.8. The van der Waals surface area contributed by atoms with Crippen molar-refractivity contribution in [1.29, 1.82) is 0 Å². The maximum absolute atomic E-state index is 12.5. The Bertz CT molecular complexity index is 810. The SMILES string of the molecule is CCCCCCCCCCCCCCCCCCC(C(=O)NC(=O)O)N(N)CCCCCCCCCCCCCCCCCC.NCCCNCCCCNCCCN. The van der Waals surface area contributed by atoms with Crippen LogP contribution in [-0.4, -0.2) is 74.0 Å². The molecule has 354 valence electrons. The Morgan fingerprint density at radius 1 is 0.441 bits per heavy atom. The summed E-state index contributed by atoms with van der Waals surface area (Å²) in [5.74, 6) is 5.82. The minimum Gasteiger partial charge on any atom is -0.465 e. The molecule has 1 unspecified atom stereocenters. The molecule has 0 aliphatic heterocycles. The van der Waals surface area contributed by atoms with Crippen molar-refractivity contribution >= 4 is 12.0 Å². The van der Waals surface area contributed by atoms with Crippen molar-refractivity contribution in [2.24, 2.45) is 17.3 Å². The maximum atomic E-state index is 12.5. The number of imide groups is 1. The number of rotatable bonds is 47. The highest BCUT2D eigenvalue weighted by Crippen LogP contribution is 2.17. The number of nitrogens with zero attached hydrogens (tertiary/aromatic N) is 1. The van der Waals surface area contributed by atoms with Gasteiger partial charge in [0, 0.05) is 6.54 Å². The summed E-state index contributed by atoms with van der Waals surface area (Å²) >= 11 is 0. The summed E-state index contributed by atoms with van der Waals surface area (Å²) in [7, 11) is 0. The Morgan fingerprint density at radius 2 is 0.729 bits per heavy atom. The number of carboxylic acid groups (broad SMARTS) is 1. The van der Waals surface area contributed by atoms with E-state index in [1.54, 1.807) is 5.01 Å². The lowest BCUT2D eigenvalue weighted by atomic mass is 10.0. The highest BCUT2D eigenvalue weighted by molar-refractivity contribution is 5.94. The fourth-order valence-electron chi connectivity index (χ4n) is 7.72. The van der Waals surface area contributed by atoms with E-state index in [0.29, 0.717) is 13.0 Å². The smallest absolute Gasteiger partial charge is 0.411 e. The first kappa shape index (κ1) is 59.8. The Balaban J connectivity index is 0. The Kier molecular flexibility index (Phi) is 53.5. The first-order valence-electron chi connectivity index (χ1n) is 25.8. The van der Waals surface area contributed by atoms with Crippen LogP contribution in [0, 0.1) is 0 Å². The number of carbonyl (C=O) groups is 2. The molecule has 0 saturated heterocycles. The van der Waals surface area contributed by atoms with Crippen molar-refractivity contribution in [2.45, 2.75) is 257 Å². The third kappa shape index (κ3) is 51.0. The molecule has 10 N–H and O–H groups in total. The van der Waals surface area contributed by atoms with E-state index >= 15 is 0 Å². The zero-order valence-electron chi connectivity index (χ0n) is 39.6. The van der Waals surface area contributed by atoms with Gasteiger partial charge in [-0.2, -0.15) is 0 Å². The monoisotopic (exact) mass is 840 g/mol. The van der Waals surface area contributed by atoms with Crippen LogP contribution in [0.3, 0.4) is 0 Å². The molecule has 0 radical (unpaired) electrons. The predicted molar refractivity (Wildman–Crippen MR) is 257 cm³/mol. The van der Waals surface area contributed by atoms with Crippen molar-refractivity contribution in [3.05, 3.63) is 0 Å². The standard InChI is InChI=1S/C39H79N3O3.C10H26N4/c1-3-5-7-9-11-13-15-17-19-21-23-25-27-29-31-33-35-37(38(43)41-39(44)45)42(40)36-34-32-30-28-26-24-22-20-18-16-14-12-10-8-6-4-2;11-5-3-9-13-7-1-2-8-14-10-4-6-12/h37H,3-36,40H2,1-2H3,(H,41,43)(H,44,45);13-14H,1-12H2. The lowest BCUT2D eigenvalue weighted by molar-refractivity contribution is -0.126. The Morgan fingerprint density at radius 3 is 1.03 bits per heavy atom. The fraction of sp³-hybridized carbons (Fsp3) is 0.959. The highest BCUT2D eigenvalue weighted by atomic mass is 16.4. The van der Waals surface area contributed by atoms with Crippen LogP contribution in [0.2, 0.25) is 0 Å². The van der Waals surface area contributed by atoms with E-state index in [2.05, 4.69) is 24.5 Å². The van der Waals surface area contributed by atoms with Gasteiger partial charge in [-0.1, -0.05) is 213 Å². The molecule has 0 rings (SSSR count). The van der Waals surface area contributed by atoms with Crippen molar-refractivity contribution in [3.63, 3.8) is 0 Å². The van der Waals surface area contributed by atoms with Crippen LogP contribution in [0.1, 0.15) is 251 Å². The van der Waals surface area contributed by atoms with Crippen LogP contribution in [0.5, 0.6) is 0 Å². The number of amides is 2. The molecule has 10 nitrogen and oxygen atoms in total. The minimum atomic E-state index is -1.30. The second-order valence-electron chi connectivity index (χ2n) is 17.4. The van der Waals surface area contributed by atoms with Gasteiger partial charge >= 0.3 is 6.09 Å². The number of hydrogen-bond acceptors (Lipinski definition) is 8. The summed E-state index contributed by atoms with van der Waals surface area (Å²) in [6.45, 7) is 11.1. The molecule has 59 heavy (non-hydrogen) atoms. The van der Waals surface area contributed by atoms with Gasteiger partial charge in [0.15, 0.2) is 0 Å². The Hall–Kier alpha value is -1.30. The molecule has 0 aliphatic rings. The van der Waals surface area contributed by atoms with Gasteiger partial charge in [0.05, 0.1) is 0 Å². The van der Waals surface area contributed by atoms with Crippen LogP contribution in [0.15, 0.2) is 0 Å². The van der Waals surface area contributed by atoms with Gasteiger partial charge in [-0.05, 0) is 77.8 Å². The fourth-order valence-corrected chi connectivity index (χ4v) is 7.72. The quantitative estimate of drug-likeness (QED) is 0.0179. The molecule has 1 atom stereocenters. The van der Waals surface area contributed by atoms with Crippen molar-refractivity contribution in [1.82, 2.24) is 21.0 Å². The summed E-state index contributed by atoms with van der Waals surface area (Å²) in [6.07, 6.45) is 46.0. The molecule has 0 aliphatic carbocycles. The summed E-state index contributed by atoms with van der Waals surface area (Å²) in [4.78, 5) is 23.6. The molecule has 0 aromatic carbocycles.